The minimum atomic E-state index is -0.731. The maximum Gasteiger partial charge on any atom is 0.303 e. The molecule has 0 bridgehead atoms. The molecule has 1 aromatic carbocycles. The predicted octanol–water partition coefficient (Wildman–Crippen LogP) is 2.32. The van der Waals surface area contributed by atoms with Crippen molar-refractivity contribution in [1.82, 2.24) is 4.90 Å². The molecule has 1 atom stereocenters. The van der Waals surface area contributed by atoms with Gasteiger partial charge in [0.25, 0.3) is 0 Å². The van der Waals surface area contributed by atoms with E-state index in [1.165, 1.54) is 11.1 Å². The molecule has 1 heterocycles. The number of ether oxygens (including phenoxy) is 2. The van der Waals surface area contributed by atoms with E-state index in [2.05, 4.69) is 11.8 Å². The minimum absolute atomic E-state index is 0.219. The monoisotopic (exact) mass is 293 g/mol. The van der Waals surface area contributed by atoms with Gasteiger partial charge in [-0.1, -0.05) is 0 Å². The second kappa shape index (κ2) is 6.80. The molecule has 0 radical (unpaired) electrons. The van der Waals surface area contributed by atoms with Crippen LogP contribution < -0.4 is 9.47 Å². The standard InChI is InChI=1S/C16H23NO4/c1-11(4-5-16(18)19)17-7-6-12-8-14(20-2)15(21-3)9-13(12)10-17/h8-9,11H,4-7,10H2,1-3H3,(H,18,19). The smallest absolute Gasteiger partial charge is 0.303 e. The number of hydrogen-bond acceptors (Lipinski definition) is 4. The fraction of sp³-hybridized carbons (Fsp3) is 0.562. The van der Waals surface area contributed by atoms with Crippen molar-refractivity contribution >= 4 is 5.97 Å². The Hall–Kier alpha value is -1.75. The molecule has 1 N–H and O–H groups in total. The molecule has 1 aromatic rings. The average molecular weight is 293 g/mol. The molecule has 5 nitrogen and oxygen atoms in total. The van der Waals surface area contributed by atoms with Crippen LogP contribution in [0, 0.1) is 0 Å². The first kappa shape index (κ1) is 15.6. The number of carboxylic acids is 1. The Bertz CT molecular complexity index is 515. The second-order valence-corrected chi connectivity index (χ2v) is 5.48. The number of carboxylic acid groups (broad SMARTS) is 1. The Morgan fingerprint density at radius 2 is 1.90 bits per heavy atom. The van der Waals surface area contributed by atoms with Crippen molar-refractivity contribution in [2.24, 2.45) is 0 Å². The average Bonchev–Trinajstić information content (AvgIpc) is 2.50. The topological polar surface area (TPSA) is 59.0 Å². The van der Waals surface area contributed by atoms with Gasteiger partial charge < -0.3 is 14.6 Å². The number of benzene rings is 1. The largest absolute Gasteiger partial charge is 0.493 e. The van der Waals surface area contributed by atoms with Gasteiger partial charge in [0.1, 0.15) is 0 Å². The summed E-state index contributed by atoms with van der Waals surface area (Å²) in [6.07, 6.45) is 1.85. The van der Waals surface area contributed by atoms with E-state index in [0.717, 1.165) is 31.0 Å². The van der Waals surface area contributed by atoms with Crippen molar-refractivity contribution in [1.29, 1.82) is 0 Å². The van der Waals surface area contributed by atoms with Gasteiger partial charge in [-0.15, -0.1) is 0 Å². The number of nitrogens with zero attached hydrogens (tertiary/aromatic N) is 1. The SMILES string of the molecule is COc1cc2c(cc1OC)CN(C(C)CCC(=O)O)CC2. The minimum Gasteiger partial charge on any atom is -0.493 e. The van der Waals surface area contributed by atoms with E-state index in [9.17, 15) is 4.79 Å². The lowest BCUT2D eigenvalue weighted by Gasteiger charge is -2.34. The van der Waals surface area contributed by atoms with E-state index in [-0.39, 0.29) is 12.5 Å². The van der Waals surface area contributed by atoms with Gasteiger partial charge in [-0.25, -0.2) is 0 Å². The van der Waals surface area contributed by atoms with E-state index in [1.807, 2.05) is 12.1 Å². The lowest BCUT2D eigenvalue weighted by molar-refractivity contribution is -0.137. The second-order valence-electron chi connectivity index (χ2n) is 5.48. The number of methoxy groups -OCH3 is 2. The Labute approximate surface area is 125 Å². The molecule has 1 aliphatic heterocycles. The van der Waals surface area contributed by atoms with Gasteiger partial charge in [-0.3, -0.25) is 9.69 Å². The van der Waals surface area contributed by atoms with Crippen molar-refractivity contribution in [3.05, 3.63) is 23.3 Å². The highest BCUT2D eigenvalue weighted by Gasteiger charge is 2.23. The number of hydrogen-bond donors (Lipinski definition) is 1. The summed E-state index contributed by atoms with van der Waals surface area (Å²) in [5, 5.41) is 8.80. The van der Waals surface area contributed by atoms with E-state index in [4.69, 9.17) is 14.6 Å². The third kappa shape index (κ3) is 3.67. The highest BCUT2D eigenvalue weighted by atomic mass is 16.5. The summed E-state index contributed by atoms with van der Waals surface area (Å²) in [7, 11) is 3.29. The van der Waals surface area contributed by atoms with Crippen LogP contribution in [0.15, 0.2) is 12.1 Å². The van der Waals surface area contributed by atoms with Crippen molar-refractivity contribution in [2.45, 2.75) is 38.8 Å². The van der Waals surface area contributed by atoms with Gasteiger partial charge >= 0.3 is 5.97 Å². The van der Waals surface area contributed by atoms with Crippen LogP contribution in [0.2, 0.25) is 0 Å². The molecule has 0 aliphatic carbocycles. The molecule has 0 saturated heterocycles. The Morgan fingerprint density at radius 1 is 1.29 bits per heavy atom. The molecule has 0 aromatic heterocycles. The van der Waals surface area contributed by atoms with Gasteiger partial charge in [0.15, 0.2) is 11.5 Å². The molecule has 5 heteroatoms. The van der Waals surface area contributed by atoms with Crippen LogP contribution in [0.25, 0.3) is 0 Å². The maximum atomic E-state index is 10.7. The van der Waals surface area contributed by atoms with E-state index in [1.54, 1.807) is 14.2 Å². The molecule has 0 saturated carbocycles. The molecule has 0 amide bonds. The number of aliphatic carboxylic acids is 1. The third-order valence-electron chi connectivity index (χ3n) is 4.15. The quantitative estimate of drug-likeness (QED) is 0.872. The van der Waals surface area contributed by atoms with Gasteiger partial charge in [-0.2, -0.15) is 0 Å². The van der Waals surface area contributed by atoms with Crippen molar-refractivity contribution in [3.8, 4) is 11.5 Å². The first-order valence-electron chi connectivity index (χ1n) is 7.24. The molecule has 116 valence electrons. The number of rotatable bonds is 6. The highest BCUT2D eigenvalue weighted by Crippen LogP contribution is 2.33. The molecule has 0 spiro atoms. The summed E-state index contributed by atoms with van der Waals surface area (Å²) in [6.45, 7) is 3.87. The summed E-state index contributed by atoms with van der Waals surface area (Å²) in [5.74, 6) is 0.783. The van der Waals surface area contributed by atoms with E-state index < -0.39 is 5.97 Å². The van der Waals surface area contributed by atoms with Crippen LogP contribution >= 0.6 is 0 Å². The van der Waals surface area contributed by atoms with E-state index >= 15 is 0 Å². The zero-order chi connectivity index (χ0) is 15.4. The Morgan fingerprint density at radius 3 is 2.48 bits per heavy atom. The fourth-order valence-corrected chi connectivity index (χ4v) is 2.80. The van der Waals surface area contributed by atoms with Gasteiger partial charge in [0.2, 0.25) is 0 Å². The van der Waals surface area contributed by atoms with Crippen LogP contribution in [0.3, 0.4) is 0 Å². The first-order valence-corrected chi connectivity index (χ1v) is 7.24. The zero-order valence-corrected chi connectivity index (χ0v) is 12.9. The van der Waals surface area contributed by atoms with Crippen molar-refractivity contribution in [2.75, 3.05) is 20.8 Å². The summed E-state index contributed by atoms with van der Waals surface area (Å²) >= 11 is 0. The Balaban J connectivity index is 2.10. The maximum absolute atomic E-state index is 10.7. The van der Waals surface area contributed by atoms with Gasteiger partial charge in [-0.05, 0) is 43.0 Å². The molecule has 1 unspecified atom stereocenters. The van der Waals surface area contributed by atoms with E-state index in [0.29, 0.717) is 6.42 Å². The van der Waals surface area contributed by atoms with Gasteiger partial charge in [0.05, 0.1) is 14.2 Å². The van der Waals surface area contributed by atoms with Crippen LogP contribution in [0.5, 0.6) is 11.5 Å². The molecule has 0 fully saturated rings. The van der Waals surface area contributed by atoms with Crippen LogP contribution in [-0.2, 0) is 17.8 Å². The summed E-state index contributed by atoms with van der Waals surface area (Å²) < 4.78 is 10.7. The summed E-state index contributed by atoms with van der Waals surface area (Å²) in [5.41, 5.74) is 2.52. The first-order chi connectivity index (χ1) is 10.0. The third-order valence-corrected chi connectivity index (χ3v) is 4.15. The lowest BCUT2D eigenvalue weighted by atomic mass is 9.97. The number of fused-ring (bicyclic) bond motifs is 1. The fourth-order valence-electron chi connectivity index (χ4n) is 2.80. The summed E-state index contributed by atoms with van der Waals surface area (Å²) in [4.78, 5) is 13.0. The molecule has 2 rings (SSSR count). The van der Waals surface area contributed by atoms with Crippen molar-refractivity contribution < 1.29 is 19.4 Å². The van der Waals surface area contributed by atoms with Crippen LogP contribution in [0.1, 0.15) is 30.9 Å². The Kier molecular flexibility index (Phi) is 5.07. The van der Waals surface area contributed by atoms with Crippen LogP contribution in [-0.4, -0.2) is 42.8 Å². The van der Waals surface area contributed by atoms with Crippen LogP contribution in [0.4, 0.5) is 0 Å². The van der Waals surface area contributed by atoms with Gasteiger partial charge in [0, 0.05) is 25.6 Å². The predicted molar refractivity (Wildman–Crippen MR) is 80.0 cm³/mol. The molecular weight excluding hydrogens is 270 g/mol. The zero-order valence-electron chi connectivity index (χ0n) is 12.9. The molecular formula is C16H23NO4. The molecule has 1 aliphatic rings. The normalized spacial score (nSPS) is 16.1. The highest BCUT2D eigenvalue weighted by molar-refractivity contribution is 5.66. The lowest BCUT2D eigenvalue weighted by Crippen LogP contribution is -2.37. The summed E-state index contributed by atoms with van der Waals surface area (Å²) in [6, 6.07) is 4.35. The number of carbonyl (C=O) groups is 1. The van der Waals surface area contributed by atoms with Crippen molar-refractivity contribution in [3.63, 3.8) is 0 Å². The molecule has 21 heavy (non-hydrogen) atoms.